The van der Waals surface area contributed by atoms with E-state index in [4.69, 9.17) is 28.4 Å². The van der Waals surface area contributed by atoms with E-state index in [0.29, 0.717) is 51.1 Å². The van der Waals surface area contributed by atoms with Gasteiger partial charge in [0.05, 0.1) is 44.1 Å². The Hall–Kier alpha value is -1.30. The highest BCUT2D eigenvalue weighted by Gasteiger charge is 2.49. The van der Waals surface area contributed by atoms with E-state index in [1.165, 1.54) is 0 Å². The second-order valence-electron chi connectivity index (χ2n) is 21.3. The summed E-state index contributed by atoms with van der Waals surface area (Å²) in [5, 5.41) is 21.5. The molecule has 2 aliphatic carbocycles. The van der Waals surface area contributed by atoms with Gasteiger partial charge in [-0.05, 0) is 84.9 Å². The molecule has 8 unspecified atom stereocenters. The molecule has 2 aliphatic heterocycles. The van der Waals surface area contributed by atoms with E-state index in [1.54, 1.807) is 0 Å². The third-order valence-corrected chi connectivity index (χ3v) is 13.0. The summed E-state index contributed by atoms with van der Waals surface area (Å²) in [6.45, 7) is 27.2. The van der Waals surface area contributed by atoms with Crippen LogP contribution in [0.5, 0.6) is 0 Å². The number of hydrogen-bond acceptors (Lipinski definition) is 10. The normalized spacial score (nSPS) is 36.3. The molecule has 0 bridgehead atoms. The van der Waals surface area contributed by atoms with Crippen molar-refractivity contribution < 1.29 is 48.2 Å². The van der Waals surface area contributed by atoms with Gasteiger partial charge in [0.2, 0.25) is 0 Å². The van der Waals surface area contributed by atoms with Crippen molar-refractivity contribution >= 4 is 11.9 Å². The number of esters is 2. The van der Waals surface area contributed by atoms with Crippen LogP contribution in [0.4, 0.5) is 0 Å². The standard InChI is InChI=1S/C43H76O10/c1-27-17-29(19-31(35(27)46)39(3,4)5)13-15-33(44)48-21-41(9,10)37-50-23-43(24-51-37)25-52-38(53-26-43)42(11,12)22-49-34(45)16-14-30-18-28(2)36(47)32(20-30)40(6,7)8/h27-32,35-38,46-47H,13-26H2,1-12H3. The Bertz CT molecular complexity index is 1090. The summed E-state index contributed by atoms with van der Waals surface area (Å²) < 4.78 is 36.4. The first kappa shape index (κ1) is 44.4. The highest BCUT2D eigenvalue weighted by atomic mass is 16.7. The van der Waals surface area contributed by atoms with Gasteiger partial charge in [-0.25, -0.2) is 0 Å². The van der Waals surface area contributed by atoms with Crippen LogP contribution in [0, 0.1) is 62.6 Å². The molecular weight excluding hydrogens is 676 g/mol. The quantitative estimate of drug-likeness (QED) is 0.193. The third-order valence-electron chi connectivity index (χ3n) is 13.0. The van der Waals surface area contributed by atoms with Crippen molar-refractivity contribution in [3.05, 3.63) is 0 Å². The maximum absolute atomic E-state index is 12.8. The topological polar surface area (TPSA) is 130 Å². The minimum absolute atomic E-state index is 0.0259. The minimum Gasteiger partial charge on any atom is -0.465 e. The van der Waals surface area contributed by atoms with E-state index in [2.05, 4.69) is 55.4 Å². The Morgan fingerprint density at radius 1 is 0.585 bits per heavy atom. The lowest BCUT2D eigenvalue weighted by Crippen LogP contribution is -2.57. The van der Waals surface area contributed by atoms with Gasteiger partial charge in [-0.3, -0.25) is 9.59 Å². The van der Waals surface area contributed by atoms with Gasteiger partial charge in [0.1, 0.15) is 13.2 Å². The van der Waals surface area contributed by atoms with Crippen LogP contribution in [-0.2, 0) is 38.0 Å². The number of carbonyl (C=O) groups excluding carboxylic acids is 2. The van der Waals surface area contributed by atoms with Crippen LogP contribution >= 0.6 is 0 Å². The van der Waals surface area contributed by atoms with Crippen molar-refractivity contribution in [2.45, 2.75) is 159 Å². The first-order valence-corrected chi connectivity index (χ1v) is 20.6. The van der Waals surface area contributed by atoms with Crippen LogP contribution in [-0.4, -0.2) is 86.6 Å². The van der Waals surface area contributed by atoms with E-state index in [-0.39, 0.29) is 71.9 Å². The number of rotatable bonds is 12. The molecular formula is C43H76O10. The second kappa shape index (κ2) is 17.5. The maximum Gasteiger partial charge on any atom is 0.305 e. The monoisotopic (exact) mass is 753 g/mol. The highest BCUT2D eigenvalue weighted by Crippen LogP contribution is 2.46. The van der Waals surface area contributed by atoms with Crippen molar-refractivity contribution in [2.24, 2.45) is 62.6 Å². The molecule has 308 valence electrons. The molecule has 10 heteroatoms. The summed E-state index contributed by atoms with van der Waals surface area (Å²) in [5.74, 6) is 1.29. The van der Waals surface area contributed by atoms with Gasteiger partial charge in [0.15, 0.2) is 12.6 Å². The molecule has 2 saturated heterocycles. The molecule has 10 nitrogen and oxygen atoms in total. The molecule has 8 atom stereocenters. The summed E-state index contributed by atoms with van der Waals surface area (Å²) >= 11 is 0. The number of ether oxygens (including phenoxy) is 6. The van der Waals surface area contributed by atoms with Crippen LogP contribution in [0.15, 0.2) is 0 Å². The highest BCUT2D eigenvalue weighted by molar-refractivity contribution is 5.69. The molecule has 0 aromatic carbocycles. The lowest BCUT2D eigenvalue weighted by Gasteiger charge is -2.48. The molecule has 2 heterocycles. The van der Waals surface area contributed by atoms with Crippen LogP contribution < -0.4 is 0 Å². The molecule has 4 aliphatic rings. The Morgan fingerprint density at radius 2 is 0.906 bits per heavy atom. The van der Waals surface area contributed by atoms with E-state index in [0.717, 1.165) is 38.5 Å². The molecule has 2 saturated carbocycles. The second-order valence-corrected chi connectivity index (χ2v) is 21.3. The zero-order chi connectivity index (χ0) is 39.6. The van der Waals surface area contributed by atoms with Crippen molar-refractivity contribution in [3.8, 4) is 0 Å². The molecule has 53 heavy (non-hydrogen) atoms. The van der Waals surface area contributed by atoms with Crippen molar-refractivity contribution in [2.75, 3.05) is 39.6 Å². The number of aliphatic hydroxyl groups is 2. The lowest BCUT2D eigenvalue weighted by atomic mass is 9.63. The summed E-state index contributed by atoms with van der Waals surface area (Å²) in [7, 11) is 0. The maximum atomic E-state index is 12.8. The average molecular weight is 753 g/mol. The van der Waals surface area contributed by atoms with Crippen LogP contribution in [0.1, 0.15) is 134 Å². The number of aliphatic hydroxyl groups excluding tert-OH is 2. The van der Waals surface area contributed by atoms with Gasteiger partial charge in [0, 0.05) is 23.7 Å². The molecule has 0 aromatic heterocycles. The summed E-state index contributed by atoms with van der Waals surface area (Å²) in [6.07, 6.45) is 4.34. The van der Waals surface area contributed by atoms with Gasteiger partial charge in [-0.15, -0.1) is 0 Å². The van der Waals surface area contributed by atoms with Gasteiger partial charge in [-0.2, -0.15) is 0 Å². The first-order chi connectivity index (χ1) is 24.4. The lowest BCUT2D eigenvalue weighted by molar-refractivity contribution is -0.337. The van der Waals surface area contributed by atoms with Crippen LogP contribution in [0.3, 0.4) is 0 Å². The van der Waals surface area contributed by atoms with Crippen molar-refractivity contribution in [3.63, 3.8) is 0 Å². The van der Waals surface area contributed by atoms with Crippen LogP contribution in [0.2, 0.25) is 0 Å². The Labute approximate surface area is 321 Å². The smallest absolute Gasteiger partial charge is 0.305 e. The molecule has 0 aromatic rings. The van der Waals surface area contributed by atoms with Crippen molar-refractivity contribution in [1.29, 1.82) is 0 Å². The predicted octanol–water partition coefficient (Wildman–Crippen LogP) is 7.56. The molecule has 2 N–H and O–H groups in total. The molecule has 4 fully saturated rings. The molecule has 1 spiro atoms. The summed E-state index contributed by atoms with van der Waals surface area (Å²) in [4.78, 5) is 25.6. The number of carbonyl (C=O) groups is 2. The van der Waals surface area contributed by atoms with Crippen LogP contribution in [0.25, 0.3) is 0 Å². The van der Waals surface area contributed by atoms with Gasteiger partial charge < -0.3 is 38.6 Å². The predicted molar refractivity (Wildman–Crippen MR) is 203 cm³/mol. The SMILES string of the molecule is CC1CC(CCC(=O)OCC(C)(C)C2OCC3(CO2)COC(C(C)(C)COC(=O)CCC2CC(C)C(O)C(C(C)(C)C)C2)OC3)CC(C(C)(C)C)C1O. The van der Waals surface area contributed by atoms with E-state index in [1.807, 2.05) is 27.7 Å². The fourth-order valence-electron chi connectivity index (χ4n) is 9.23. The van der Waals surface area contributed by atoms with E-state index in [9.17, 15) is 19.8 Å². The minimum atomic E-state index is -0.548. The largest absolute Gasteiger partial charge is 0.465 e. The summed E-state index contributed by atoms with van der Waals surface area (Å²) in [6, 6.07) is 0. The van der Waals surface area contributed by atoms with Gasteiger partial charge in [-0.1, -0.05) is 83.1 Å². The van der Waals surface area contributed by atoms with Gasteiger partial charge >= 0.3 is 11.9 Å². The fraction of sp³-hybridized carbons (Fsp3) is 0.953. The fourth-order valence-corrected chi connectivity index (χ4v) is 9.23. The van der Waals surface area contributed by atoms with E-state index < -0.39 is 28.8 Å². The zero-order valence-electron chi connectivity index (χ0n) is 35.3. The van der Waals surface area contributed by atoms with Crippen molar-refractivity contribution in [1.82, 2.24) is 0 Å². The van der Waals surface area contributed by atoms with E-state index >= 15 is 0 Å². The Balaban J connectivity index is 1.14. The Morgan fingerprint density at radius 3 is 1.21 bits per heavy atom. The molecule has 0 radical (unpaired) electrons. The summed E-state index contributed by atoms with van der Waals surface area (Å²) in [5.41, 5.74) is -1.49. The zero-order valence-corrected chi connectivity index (χ0v) is 35.3. The molecule has 4 rings (SSSR count). The Kier molecular flexibility index (Phi) is 14.6. The molecule has 0 amide bonds. The third kappa shape index (κ3) is 11.9. The average Bonchev–Trinajstić information content (AvgIpc) is 3.06. The first-order valence-electron chi connectivity index (χ1n) is 20.6. The number of hydrogen-bond donors (Lipinski definition) is 2. The van der Waals surface area contributed by atoms with Gasteiger partial charge in [0.25, 0.3) is 0 Å².